The van der Waals surface area contributed by atoms with Crippen LogP contribution in [0, 0.1) is 0 Å². The molecule has 20 heavy (non-hydrogen) atoms. The van der Waals surface area contributed by atoms with Crippen molar-refractivity contribution in [2.24, 2.45) is 0 Å². The highest BCUT2D eigenvalue weighted by atomic mass is 16.3. The van der Waals surface area contributed by atoms with Gasteiger partial charge in [0.05, 0.1) is 0 Å². The van der Waals surface area contributed by atoms with Gasteiger partial charge in [-0.3, -0.25) is 4.90 Å². The molecule has 1 N–H and O–H groups in total. The van der Waals surface area contributed by atoms with E-state index < -0.39 is 0 Å². The van der Waals surface area contributed by atoms with Gasteiger partial charge in [-0.2, -0.15) is 0 Å². The van der Waals surface area contributed by atoms with Crippen LogP contribution in [0.2, 0.25) is 0 Å². The molecule has 1 aliphatic heterocycles. The first-order chi connectivity index (χ1) is 9.81. The lowest BCUT2D eigenvalue weighted by molar-refractivity contribution is 0.204. The molecule has 0 saturated carbocycles. The van der Waals surface area contributed by atoms with E-state index in [1.807, 2.05) is 0 Å². The fourth-order valence-corrected chi connectivity index (χ4v) is 3.01. The molecule has 2 heteroatoms. The summed E-state index contributed by atoms with van der Waals surface area (Å²) in [4.78, 5) is 2.53. The molecule has 2 aromatic rings. The van der Waals surface area contributed by atoms with Crippen molar-refractivity contribution >= 4 is 0 Å². The average Bonchev–Trinajstić information content (AvgIpc) is 2.50. The largest absolute Gasteiger partial charge is 0.508 e. The molecule has 0 aromatic heterocycles. The van der Waals surface area contributed by atoms with Crippen LogP contribution in [-0.2, 0) is 6.54 Å². The fraction of sp³-hybridized carbons (Fsp3) is 0.333. The smallest absolute Gasteiger partial charge is 0.115 e. The number of aromatic hydroxyl groups is 1. The van der Waals surface area contributed by atoms with E-state index in [9.17, 15) is 5.11 Å². The molecule has 1 aliphatic rings. The summed E-state index contributed by atoms with van der Waals surface area (Å²) < 4.78 is 0. The third kappa shape index (κ3) is 3.20. The molecule has 104 valence electrons. The molecule has 2 aromatic carbocycles. The highest BCUT2D eigenvalue weighted by Crippen LogP contribution is 2.29. The Labute approximate surface area is 120 Å². The Balaban J connectivity index is 1.55. The maximum atomic E-state index is 9.35. The van der Waals surface area contributed by atoms with Crippen molar-refractivity contribution in [1.82, 2.24) is 4.90 Å². The molecular formula is C18H21NO. The summed E-state index contributed by atoms with van der Waals surface area (Å²) in [5.74, 6) is 0.998. The Morgan fingerprint density at radius 1 is 0.900 bits per heavy atom. The maximum Gasteiger partial charge on any atom is 0.115 e. The van der Waals surface area contributed by atoms with Gasteiger partial charge in [-0.25, -0.2) is 0 Å². The molecule has 0 atom stereocenters. The first-order valence-corrected chi connectivity index (χ1v) is 7.36. The topological polar surface area (TPSA) is 23.5 Å². The van der Waals surface area contributed by atoms with Gasteiger partial charge >= 0.3 is 0 Å². The third-order valence-corrected chi connectivity index (χ3v) is 4.20. The van der Waals surface area contributed by atoms with Crippen LogP contribution < -0.4 is 0 Å². The summed E-state index contributed by atoms with van der Waals surface area (Å²) in [6.07, 6.45) is 2.41. The van der Waals surface area contributed by atoms with Crippen LogP contribution in [0.5, 0.6) is 5.75 Å². The van der Waals surface area contributed by atoms with Crippen LogP contribution in [0.15, 0.2) is 54.6 Å². The van der Waals surface area contributed by atoms with Gasteiger partial charge in [0.2, 0.25) is 0 Å². The Bertz CT molecular complexity index is 527. The number of phenols is 1. The fourth-order valence-electron chi connectivity index (χ4n) is 3.01. The average molecular weight is 267 g/mol. The Morgan fingerprint density at radius 3 is 2.20 bits per heavy atom. The van der Waals surface area contributed by atoms with E-state index in [2.05, 4.69) is 47.4 Å². The molecule has 0 unspecified atom stereocenters. The van der Waals surface area contributed by atoms with E-state index in [1.54, 1.807) is 12.1 Å². The van der Waals surface area contributed by atoms with Crippen molar-refractivity contribution in [2.75, 3.05) is 13.1 Å². The molecule has 2 nitrogen and oxygen atoms in total. The summed E-state index contributed by atoms with van der Waals surface area (Å²) >= 11 is 0. The summed E-state index contributed by atoms with van der Waals surface area (Å²) in [5.41, 5.74) is 2.76. The number of benzene rings is 2. The summed E-state index contributed by atoms with van der Waals surface area (Å²) in [5, 5.41) is 9.35. The zero-order valence-electron chi connectivity index (χ0n) is 11.7. The molecule has 1 heterocycles. The maximum absolute atomic E-state index is 9.35. The van der Waals surface area contributed by atoms with Crippen LogP contribution in [0.3, 0.4) is 0 Å². The predicted molar refractivity (Wildman–Crippen MR) is 81.8 cm³/mol. The van der Waals surface area contributed by atoms with E-state index in [4.69, 9.17) is 0 Å². The minimum atomic E-state index is 0.357. The van der Waals surface area contributed by atoms with Crippen molar-refractivity contribution in [3.05, 3.63) is 65.7 Å². The second-order valence-corrected chi connectivity index (χ2v) is 5.63. The number of nitrogens with zero attached hydrogens (tertiary/aromatic N) is 1. The van der Waals surface area contributed by atoms with E-state index in [-0.39, 0.29) is 0 Å². The van der Waals surface area contributed by atoms with Crippen molar-refractivity contribution in [2.45, 2.75) is 25.3 Å². The standard InChI is InChI=1S/C18H21NO/c20-18-8-6-16(7-9-18)17-10-12-19(13-11-17)14-15-4-2-1-3-5-15/h1-9,17,20H,10-14H2. The summed E-state index contributed by atoms with van der Waals surface area (Å²) in [6.45, 7) is 3.37. The molecular weight excluding hydrogens is 246 g/mol. The van der Waals surface area contributed by atoms with Crippen LogP contribution in [-0.4, -0.2) is 23.1 Å². The summed E-state index contributed by atoms with van der Waals surface area (Å²) in [7, 11) is 0. The normalized spacial score (nSPS) is 17.2. The van der Waals surface area contributed by atoms with Crippen molar-refractivity contribution in [3.8, 4) is 5.75 Å². The van der Waals surface area contributed by atoms with Crippen molar-refractivity contribution in [1.29, 1.82) is 0 Å². The van der Waals surface area contributed by atoms with Crippen molar-refractivity contribution in [3.63, 3.8) is 0 Å². The lowest BCUT2D eigenvalue weighted by Gasteiger charge is -2.32. The number of phenolic OH excluding ortho intramolecular Hbond substituents is 1. The quantitative estimate of drug-likeness (QED) is 0.915. The van der Waals surface area contributed by atoms with Gasteiger partial charge in [-0.15, -0.1) is 0 Å². The van der Waals surface area contributed by atoms with Gasteiger partial charge < -0.3 is 5.11 Å². The highest BCUT2D eigenvalue weighted by molar-refractivity contribution is 5.28. The Morgan fingerprint density at radius 2 is 1.55 bits per heavy atom. The summed E-state index contributed by atoms with van der Waals surface area (Å²) in [6, 6.07) is 18.4. The first kappa shape index (κ1) is 13.2. The zero-order valence-corrected chi connectivity index (χ0v) is 11.7. The van der Waals surface area contributed by atoms with Gasteiger partial charge in [-0.05, 0) is 55.1 Å². The van der Waals surface area contributed by atoms with Gasteiger partial charge in [0.25, 0.3) is 0 Å². The molecule has 0 spiro atoms. The number of hydrogen-bond acceptors (Lipinski definition) is 2. The number of rotatable bonds is 3. The third-order valence-electron chi connectivity index (χ3n) is 4.20. The molecule has 0 aliphatic carbocycles. The number of hydrogen-bond donors (Lipinski definition) is 1. The van der Waals surface area contributed by atoms with E-state index in [0.29, 0.717) is 11.7 Å². The van der Waals surface area contributed by atoms with Crippen LogP contribution in [0.1, 0.15) is 29.9 Å². The molecule has 1 saturated heterocycles. The zero-order chi connectivity index (χ0) is 13.8. The van der Waals surface area contributed by atoms with E-state index >= 15 is 0 Å². The first-order valence-electron chi connectivity index (χ1n) is 7.36. The molecule has 0 radical (unpaired) electrons. The Kier molecular flexibility index (Phi) is 4.03. The van der Waals surface area contributed by atoms with E-state index in [0.717, 1.165) is 19.6 Å². The number of likely N-dealkylation sites (tertiary alicyclic amines) is 1. The van der Waals surface area contributed by atoms with E-state index in [1.165, 1.54) is 24.0 Å². The Hall–Kier alpha value is -1.80. The highest BCUT2D eigenvalue weighted by Gasteiger charge is 2.20. The van der Waals surface area contributed by atoms with Gasteiger partial charge in [0, 0.05) is 6.54 Å². The van der Waals surface area contributed by atoms with Crippen LogP contribution in [0.25, 0.3) is 0 Å². The minimum absolute atomic E-state index is 0.357. The SMILES string of the molecule is Oc1ccc(C2CCN(Cc3ccccc3)CC2)cc1. The van der Waals surface area contributed by atoms with Crippen LogP contribution in [0.4, 0.5) is 0 Å². The van der Waals surface area contributed by atoms with Crippen molar-refractivity contribution < 1.29 is 5.11 Å². The number of piperidine rings is 1. The minimum Gasteiger partial charge on any atom is -0.508 e. The monoisotopic (exact) mass is 267 g/mol. The predicted octanol–water partition coefficient (Wildman–Crippen LogP) is 3.77. The second-order valence-electron chi connectivity index (χ2n) is 5.63. The molecule has 0 amide bonds. The second kappa shape index (κ2) is 6.10. The van der Waals surface area contributed by atoms with Gasteiger partial charge in [0.1, 0.15) is 5.75 Å². The molecule has 3 rings (SSSR count). The lowest BCUT2D eigenvalue weighted by Crippen LogP contribution is -2.32. The lowest BCUT2D eigenvalue weighted by atomic mass is 9.89. The van der Waals surface area contributed by atoms with Gasteiger partial charge in [-0.1, -0.05) is 42.5 Å². The molecule has 0 bridgehead atoms. The van der Waals surface area contributed by atoms with Crippen LogP contribution >= 0.6 is 0 Å². The van der Waals surface area contributed by atoms with Gasteiger partial charge in [0.15, 0.2) is 0 Å². The molecule has 1 fully saturated rings.